The van der Waals surface area contributed by atoms with Crippen LogP contribution in [0.3, 0.4) is 0 Å². The summed E-state index contributed by atoms with van der Waals surface area (Å²) in [5.41, 5.74) is 1.42. The molecule has 1 aromatic heterocycles. The molecular formula is C17H28N2O2S2. The molecule has 23 heavy (non-hydrogen) atoms. The van der Waals surface area contributed by atoms with Crippen molar-refractivity contribution < 1.29 is 8.42 Å². The molecule has 0 spiro atoms. The lowest BCUT2D eigenvalue weighted by Crippen LogP contribution is -2.35. The third-order valence-corrected chi connectivity index (χ3v) is 7.77. The fourth-order valence-corrected chi connectivity index (χ4v) is 6.40. The van der Waals surface area contributed by atoms with Gasteiger partial charge in [0.15, 0.2) is 9.84 Å². The average Bonchev–Trinajstić information content (AvgIpc) is 3.12. The lowest BCUT2D eigenvalue weighted by atomic mass is 10.1. The van der Waals surface area contributed by atoms with E-state index in [2.05, 4.69) is 28.2 Å². The van der Waals surface area contributed by atoms with Crippen molar-refractivity contribution in [3.63, 3.8) is 0 Å². The van der Waals surface area contributed by atoms with Crippen molar-refractivity contribution in [1.29, 1.82) is 0 Å². The van der Waals surface area contributed by atoms with Gasteiger partial charge >= 0.3 is 0 Å². The number of hydrogen-bond donors (Lipinski definition) is 0. The highest BCUT2D eigenvalue weighted by Gasteiger charge is 2.31. The summed E-state index contributed by atoms with van der Waals surface area (Å²) in [7, 11) is -2.80. The van der Waals surface area contributed by atoms with Crippen LogP contribution in [0.25, 0.3) is 0 Å². The maximum absolute atomic E-state index is 11.7. The Morgan fingerprint density at radius 3 is 2.74 bits per heavy atom. The molecule has 1 atom stereocenters. The smallest absolute Gasteiger partial charge is 0.151 e. The Labute approximate surface area is 144 Å². The van der Waals surface area contributed by atoms with Crippen molar-refractivity contribution in [3.05, 3.63) is 21.9 Å². The Kier molecular flexibility index (Phi) is 5.78. The van der Waals surface area contributed by atoms with Crippen LogP contribution in [0, 0.1) is 0 Å². The van der Waals surface area contributed by atoms with Crippen LogP contribution in [0.15, 0.2) is 11.4 Å². The Hall–Kier alpha value is -0.430. The molecule has 1 aromatic rings. The van der Waals surface area contributed by atoms with Crippen molar-refractivity contribution in [2.75, 3.05) is 31.1 Å². The van der Waals surface area contributed by atoms with E-state index in [1.54, 1.807) is 0 Å². The zero-order valence-corrected chi connectivity index (χ0v) is 15.7. The van der Waals surface area contributed by atoms with Gasteiger partial charge in [-0.15, -0.1) is 11.3 Å². The number of nitrogens with zero attached hydrogens (tertiary/aromatic N) is 2. The second-order valence-corrected chi connectivity index (χ2v) is 10.1. The third kappa shape index (κ3) is 4.78. The lowest BCUT2D eigenvalue weighted by molar-refractivity contribution is 0.215. The summed E-state index contributed by atoms with van der Waals surface area (Å²) in [5.74, 6) is 0.700. The minimum atomic E-state index is -2.80. The molecule has 3 rings (SSSR count). The molecule has 0 amide bonds. The number of rotatable bonds is 6. The second-order valence-electron chi connectivity index (χ2n) is 6.88. The fraction of sp³-hybridized carbons (Fsp3) is 0.765. The van der Waals surface area contributed by atoms with Crippen molar-refractivity contribution >= 4 is 21.2 Å². The molecule has 2 aliphatic heterocycles. The van der Waals surface area contributed by atoms with Gasteiger partial charge in [0, 0.05) is 24.0 Å². The Morgan fingerprint density at radius 2 is 2.09 bits per heavy atom. The SMILES string of the molecule is CCN(Cc1cc(CN2CCCCC2)cs1)[C@H]1CCS(=O)(=O)C1. The first-order chi connectivity index (χ1) is 11.1. The molecule has 3 heterocycles. The van der Waals surface area contributed by atoms with Gasteiger partial charge < -0.3 is 0 Å². The number of sulfone groups is 1. The van der Waals surface area contributed by atoms with Crippen molar-refractivity contribution in [2.45, 2.75) is 51.7 Å². The fourth-order valence-electron chi connectivity index (χ4n) is 3.73. The van der Waals surface area contributed by atoms with Crippen LogP contribution in [0.2, 0.25) is 0 Å². The average molecular weight is 357 g/mol. The maximum Gasteiger partial charge on any atom is 0.151 e. The molecular weight excluding hydrogens is 328 g/mol. The lowest BCUT2D eigenvalue weighted by Gasteiger charge is -2.26. The van der Waals surface area contributed by atoms with E-state index in [0.29, 0.717) is 11.5 Å². The van der Waals surface area contributed by atoms with Crippen LogP contribution in [-0.2, 0) is 22.9 Å². The summed E-state index contributed by atoms with van der Waals surface area (Å²) in [6.07, 6.45) is 4.83. The van der Waals surface area contributed by atoms with E-state index in [0.717, 1.165) is 26.1 Å². The molecule has 0 aliphatic carbocycles. The van der Waals surface area contributed by atoms with Crippen LogP contribution < -0.4 is 0 Å². The summed E-state index contributed by atoms with van der Waals surface area (Å²) in [6, 6.07) is 2.53. The predicted molar refractivity (Wildman–Crippen MR) is 96.6 cm³/mol. The highest BCUT2D eigenvalue weighted by atomic mass is 32.2. The molecule has 0 bridgehead atoms. The third-order valence-electron chi connectivity index (χ3n) is 5.05. The summed E-state index contributed by atoms with van der Waals surface area (Å²) >= 11 is 1.82. The quantitative estimate of drug-likeness (QED) is 0.786. The molecule has 0 aromatic carbocycles. The van der Waals surface area contributed by atoms with Gasteiger partial charge in [-0.3, -0.25) is 9.80 Å². The molecule has 2 fully saturated rings. The predicted octanol–water partition coefficient (Wildman–Crippen LogP) is 2.74. The van der Waals surface area contributed by atoms with E-state index in [9.17, 15) is 8.42 Å². The molecule has 130 valence electrons. The molecule has 6 heteroatoms. The minimum Gasteiger partial charge on any atom is -0.299 e. The van der Waals surface area contributed by atoms with Crippen LogP contribution in [-0.4, -0.2) is 55.4 Å². The normalized spacial score (nSPS) is 25.2. The van der Waals surface area contributed by atoms with Gasteiger partial charge in [-0.25, -0.2) is 8.42 Å². The summed E-state index contributed by atoms with van der Waals surface area (Å²) < 4.78 is 23.4. The first-order valence-corrected chi connectivity index (χ1v) is 11.5. The number of thiophene rings is 1. The number of piperidine rings is 1. The van der Waals surface area contributed by atoms with Crippen molar-refractivity contribution in [1.82, 2.24) is 9.80 Å². The minimum absolute atomic E-state index is 0.206. The van der Waals surface area contributed by atoms with Crippen LogP contribution >= 0.6 is 11.3 Å². The van der Waals surface area contributed by atoms with Gasteiger partial charge in [0.25, 0.3) is 0 Å². The van der Waals surface area contributed by atoms with Crippen molar-refractivity contribution in [3.8, 4) is 0 Å². The van der Waals surface area contributed by atoms with Gasteiger partial charge in [0.05, 0.1) is 11.5 Å². The molecule has 2 aliphatic rings. The van der Waals surface area contributed by atoms with E-state index in [1.807, 2.05) is 11.3 Å². The van der Waals surface area contributed by atoms with Crippen molar-refractivity contribution in [2.24, 2.45) is 0 Å². The highest BCUT2D eigenvalue weighted by molar-refractivity contribution is 7.91. The zero-order chi connectivity index (χ0) is 16.3. The summed E-state index contributed by atoms with van der Waals surface area (Å²) in [6.45, 7) is 7.47. The molecule has 0 N–H and O–H groups in total. The highest BCUT2D eigenvalue weighted by Crippen LogP contribution is 2.24. The number of hydrogen-bond acceptors (Lipinski definition) is 5. The second kappa shape index (κ2) is 7.64. The van der Waals surface area contributed by atoms with Gasteiger partial charge in [-0.1, -0.05) is 13.3 Å². The Morgan fingerprint density at radius 1 is 1.30 bits per heavy atom. The standard InChI is InChI=1S/C17H28N2O2S2/c1-2-19(16-6-9-23(20,21)14-16)12-17-10-15(13-22-17)11-18-7-4-3-5-8-18/h10,13,16H,2-9,11-12,14H2,1H3/t16-/m0/s1. The molecule has 2 saturated heterocycles. The van der Waals surface area contributed by atoms with Crippen LogP contribution in [0.1, 0.15) is 43.0 Å². The maximum atomic E-state index is 11.7. The molecule has 0 saturated carbocycles. The van der Waals surface area contributed by atoms with Gasteiger partial charge in [-0.05, 0) is 55.9 Å². The molecule has 0 radical (unpaired) electrons. The first kappa shape index (κ1) is 17.4. The van der Waals surface area contributed by atoms with E-state index >= 15 is 0 Å². The number of likely N-dealkylation sites (tertiary alicyclic amines) is 1. The van der Waals surface area contributed by atoms with Gasteiger partial charge in [0.2, 0.25) is 0 Å². The van der Waals surface area contributed by atoms with Crippen LogP contribution in [0.5, 0.6) is 0 Å². The van der Waals surface area contributed by atoms with E-state index in [4.69, 9.17) is 0 Å². The van der Waals surface area contributed by atoms with E-state index in [-0.39, 0.29) is 6.04 Å². The van der Waals surface area contributed by atoms with Gasteiger partial charge in [0.1, 0.15) is 0 Å². The van der Waals surface area contributed by atoms with E-state index < -0.39 is 9.84 Å². The van der Waals surface area contributed by atoms with E-state index in [1.165, 1.54) is 42.8 Å². The monoisotopic (exact) mass is 356 g/mol. The molecule has 0 unspecified atom stereocenters. The molecule has 4 nitrogen and oxygen atoms in total. The summed E-state index contributed by atoms with van der Waals surface area (Å²) in [4.78, 5) is 6.25. The van der Waals surface area contributed by atoms with Crippen LogP contribution in [0.4, 0.5) is 0 Å². The van der Waals surface area contributed by atoms with Gasteiger partial charge in [-0.2, -0.15) is 0 Å². The largest absolute Gasteiger partial charge is 0.299 e. The topological polar surface area (TPSA) is 40.6 Å². The summed E-state index contributed by atoms with van der Waals surface area (Å²) in [5, 5.41) is 2.28. The Bertz CT molecular complexity index is 606. The zero-order valence-electron chi connectivity index (χ0n) is 14.0. The first-order valence-electron chi connectivity index (χ1n) is 8.79. The Balaban J connectivity index is 1.56.